The summed E-state index contributed by atoms with van der Waals surface area (Å²) in [7, 11) is 0. The summed E-state index contributed by atoms with van der Waals surface area (Å²) in [5.41, 5.74) is -2.41. The quantitative estimate of drug-likeness (QED) is 0.507. The van der Waals surface area contributed by atoms with Crippen LogP contribution >= 0.6 is 0 Å². The minimum Gasteiger partial charge on any atom is -0.394 e. The Morgan fingerprint density at radius 1 is 1.27 bits per heavy atom. The molecular formula is C25H43N3O5. The molecule has 3 aliphatic rings. The Labute approximate surface area is 198 Å². The summed E-state index contributed by atoms with van der Waals surface area (Å²) in [5, 5.41) is 16.3. The van der Waals surface area contributed by atoms with Crippen LogP contribution in [-0.2, 0) is 19.1 Å². The minimum atomic E-state index is -1.08. The molecule has 1 spiro atoms. The summed E-state index contributed by atoms with van der Waals surface area (Å²) in [6.45, 7) is 16.0. The third-order valence-corrected chi connectivity index (χ3v) is 7.68. The van der Waals surface area contributed by atoms with E-state index in [4.69, 9.17) is 4.74 Å². The van der Waals surface area contributed by atoms with Gasteiger partial charge in [-0.3, -0.25) is 14.4 Å². The molecule has 0 saturated carbocycles. The van der Waals surface area contributed by atoms with Crippen molar-refractivity contribution in [2.75, 3.05) is 13.2 Å². The van der Waals surface area contributed by atoms with Crippen LogP contribution < -0.4 is 10.6 Å². The first-order valence-electron chi connectivity index (χ1n) is 12.5. The lowest BCUT2D eigenvalue weighted by molar-refractivity contribution is -0.151. The van der Waals surface area contributed by atoms with Crippen LogP contribution in [0.1, 0.15) is 74.7 Å². The van der Waals surface area contributed by atoms with Crippen molar-refractivity contribution < 1.29 is 24.2 Å². The highest BCUT2D eigenvalue weighted by atomic mass is 16.5. The van der Waals surface area contributed by atoms with Crippen molar-refractivity contribution in [3.05, 3.63) is 0 Å². The molecule has 3 N–H and O–H groups in total. The average molecular weight is 466 g/mol. The lowest BCUT2D eigenvalue weighted by atomic mass is 9.62. The highest BCUT2D eigenvalue weighted by Crippen LogP contribution is 2.65. The fourth-order valence-corrected chi connectivity index (χ4v) is 6.39. The third kappa shape index (κ3) is 4.18. The summed E-state index contributed by atoms with van der Waals surface area (Å²) >= 11 is 0. The molecule has 8 heteroatoms. The normalized spacial score (nSPS) is 36.3. The molecule has 3 heterocycles. The fourth-order valence-electron chi connectivity index (χ4n) is 6.39. The number of hydrogen-bond acceptors (Lipinski definition) is 5. The van der Waals surface area contributed by atoms with Crippen molar-refractivity contribution in [2.24, 2.45) is 23.7 Å². The van der Waals surface area contributed by atoms with E-state index >= 15 is 0 Å². The van der Waals surface area contributed by atoms with E-state index in [1.165, 1.54) is 0 Å². The maximum Gasteiger partial charge on any atom is 0.246 e. The molecule has 33 heavy (non-hydrogen) atoms. The number of carbonyl (C=O) groups excluding carboxylic acids is 3. The average Bonchev–Trinajstić information content (AvgIpc) is 3.20. The van der Waals surface area contributed by atoms with E-state index < -0.39 is 40.7 Å². The van der Waals surface area contributed by atoms with E-state index in [9.17, 15) is 19.5 Å². The van der Waals surface area contributed by atoms with E-state index in [2.05, 4.69) is 10.6 Å². The molecule has 7 atom stereocenters. The van der Waals surface area contributed by atoms with Gasteiger partial charge in [0.15, 0.2) is 0 Å². The second-order valence-corrected chi connectivity index (χ2v) is 11.9. The second kappa shape index (κ2) is 8.84. The zero-order valence-corrected chi connectivity index (χ0v) is 21.5. The Kier molecular flexibility index (Phi) is 6.95. The number of rotatable bonds is 8. The molecule has 188 valence electrons. The van der Waals surface area contributed by atoms with E-state index in [0.29, 0.717) is 19.4 Å². The number of aliphatic hydroxyl groups excluding tert-OH is 1. The summed E-state index contributed by atoms with van der Waals surface area (Å²) in [5.74, 6) is -1.92. The van der Waals surface area contributed by atoms with Crippen molar-refractivity contribution >= 4 is 17.7 Å². The van der Waals surface area contributed by atoms with Crippen LogP contribution in [0.2, 0.25) is 0 Å². The van der Waals surface area contributed by atoms with Crippen molar-refractivity contribution in [3.8, 4) is 0 Å². The maximum absolute atomic E-state index is 14.0. The summed E-state index contributed by atoms with van der Waals surface area (Å²) in [4.78, 5) is 42.7. The van der Waals surface area contributed by atoms with Crippen LogP contribution in [0.5, 0.6) is 0 Å². The number of likely N-dealkylation sites (tertiary alicyclic amines) is 1. The number of fused-ring (bicyclic) bond motifs is 1. The van der Waals surface area contributed by atoms with Gasteiger partial charge in [-0.15, -0.1) is 0 Å². The Hall–Kier alpha value is -1.67. The zero-order valence-electron chi connectivity index (χ0n) is 21.5. The number of nitrogens with zero attached hydrogens (tertiary/aromatic N) is 1. The first kappa shape index (κ1) is 25.9. The van der Waals surface area contributed by atoms with E-state index in [0.717, 1.165) is 6.42 Å². The van der Waals surface area contributed by atoms with Gasteiger partial charge in [0, 0.05) is 12.1 Å². The highest BCUT2D eigenvalue weighted by molar-refractivity contribution is 5.99. The molecule has 3 amide bonds. The molecule has 3 fully saturated rings. The number of hydrogen-bond donors (Lipinski definition) is 3. The Bertz CT molecular complexity index is 793. The molecule has 0 aromatic rings. The molecule has 0 aliphatic carbocycles. The number of carbonyl (C=O) groups is 3. The minimum absolute atomic E-state index is 0.00138. The van der Waals surface area contributed by atoms with Crippen LogP contribution in [0, 0.1) is 23.7 Å². The van der Waals surface area contributed by atoms with Gasteiger partial charge < -0.3 is 25.4 Å². The summed E-state index contributed by atoms with van der Waals surface area (Å²) in [6, 6.07) is -1.41. The SMILES string of the molecule is CCCNC(=O)[C@H]1[C@H]2C(=O)N([C@@H](CO)CC(C)C)C(C(=O)NC(C)(C)C)C23CC(C)[C@]1(C)O3. The van der Waals surface area contributed by atoms with E-state index in [1.54, 1.807) is 4.90 Å². The van der Waals surface area contributed by atoms with Gasteiger partial charge in [0.2, 0.25) is 17.7 Å². The van der Waals surface area contributed by atoms with Crippen LogP contribution in [0.4, 0.5) is 0 Å². The van der Waals surface area contributed by atoms with Crippen LogP contribution in [-0.4, -0.2) is 69.7 Å². The van der Waals surface area contributed by atoms with Gasteiger partial charge in [0.05, 0.1) is 30.1 Å². The predicted molar refractivity (Wildman–Crippen MR) is 125 cm³/mol. The van der Waals surface area contributed by atoms with Gasteiger partial charge in [-0.1, -0.05) is 27.7 Å². The zero-order chi connectivity index (χ0) is 24.9. The monoisotopic (exact) mass is 465 g/mol. The summed E-state index contributed by atoms with van der Waals surface area (Å²) in [6.07, 6.45) is 1.87. The van der Waals surface area contributed by atoms with Gasteiger partial charge in [0.1, 0.15) is 11.6 Å². The number of amides is 3. The number of ether oxygens (including phenoxy) is 1. The van der Waals surface area contributed by atoms with Gasteiger partial charge >= 0.3 is 0 Å². The third-order valence-electron chi connectivity index (χ3n) is 7.68. The Balaban J connectivity index is 2.12. The Morgan fingerprint density at radius 3 is 2.42 bits per heavy atom. The van der Waals surface area contributed by atoms with Crippen LogP contribution in [0.3, 0.4) is 0 Å². The molecule has 0 radical (unpaired) electrons. The van der Waals surface area contributed by atoms with Crippen molar-refractivity contribution in [1.29, 1.82) is 0 Å². The second-order valence-electron chi connectivity index (χ2n) is 11.9. The van der Waals surface area contributed by atoms with Gasteiger partial charge in [-0.2, -0.15) is 0 Å². The van der Waals surface area contributed by atoms with Gasteiger partial charge in [-0.05, 0) is 58.8 Å². The largest absolute Gasteiger partial charge is 0.394 e. The highest BCUT2D eigenvalue weighted by Gasteiger charge is 2.80. The molecule has 3 rings (SSSR count). The maximum atomic E-state index is 14.0. The van der Waals surface area contributed by atoms with Gasteiger partial charge in [-0.25, -0.2) is 0 Å². The van der Waals surface area contributed by atoms with Crippen molar-refractivity contribution in [3.63, 3.8) is 0 Å². The first-order valence-corrected chi connectivity index (χ1v) is 12.5. The molecule has 0 aromatic heterocycles. The molecule has 0 aromatic carbocycles. The molecule has 8 nitrogen and oxygen atoms in total. The van der Waals surface area contributed by atoms with Crippen molar-refractivity contribution in [2.45, 2.75) is 103 Å². The molecule has 3 saturated heterocycles. The molecule has 2 bridgehead atoms. The standard InChI is InChI=1S/C25H43N3O5/c1-9-10-26-20(30)17-18-22(32)28(16(13-29)11-14(2)3)19(21(31)27-23(5,6)7)25(18)12-15(4)24(17,8)33-25/h14-19,29H,9-13H2,1-8H3,(H,26,30)(H,27,31)/t15?,16-,17-,18+,19?,24+,25?/m1/s1. The van der Waals surface area contributed by atoms with Crippen LogP contribution in [0.15, 0.2) is 0 Å². The topological polar surface area (TPSA) is 108 Å². The van der Waals surface area contributed by atoms with E-state index in [1.807, 2.05) is 55.4 Å². The fraction of sp³-hybridized carbons (Fsp3) is 0.880. The lowest BCUT2D eigenvalue weighted by Crippen LogP contribution is -2.60. The smallest absolute Gasteiger partial charge is 0.246 e. The predicted octanol–water partition coefficient (Wildman–Crippen LogP) is 1.85. The summed E-state index contributed by atoms with van der Waals surface area (Å²) < 4.78 is 6.68. The molecular weight excluding hydrogens is 422 g/mol. The molecule has 3 unspecified atom stereocenters. The van der Waals surface area contributed by atoms with Gasteiger partial charge in [0.25, 0.3) is 0 Å². The van der Waals surface area contributed by atoms with E-state index in [-0.39, 0.29) is 36.2 Å². The lowest BCUT2D eigenvalue weighted by Gasteiger charge is -2.39. The molecule has 3 aliphatic heterocycles. The number of nitrogens with one attached hydrogen (secondary N) is 2. The van der Waals surface area contributed by atoms with Crippen molar-refractivity contribution in [1.82, 2.24) is 15.5 Å². The first-order chi connectivity index (χ1) is 15.2. The number of aliphatic hydroxyl groups is 1. The Morgan fingerprint density at radius 2 is 1.91 bits per heavy atom. The van der Waals surface area contributed by atoms with Crippen LogP contribution in [0.25, 0.3) is 0 Å².